The molecule has 26 heavy (non-hydrogen) atoms. The number of amides is 1. The Morgan fingerprint density at radius 3 is 2.81 bits per heavy atom. The van der Waals surface area contributed by atoms with Crippen molar-refractivity contribution in [1.82, 2.24) is 9.88 Å². The van der Waals surface area contributed by atoms with E-state index in [0.717, 1.165) is 31.5 Å². The fourth-order valence-electron chi connectivity index (χ4n) is 2.85. The van der Waals surface area contributed by atoms with Gasteiger partial charge >= 0.3 is 0 Å². The third-order valence-electron chi connectivity index (χ3n) is 4.11. The summed E-state index contributed by atoms with van der Waals surface area (Å²) in [5, 5.41) is 0. The number of likely N-dealkylation sites (tertiary alicyclic amines) is 1. The van der Waals surface area contributed by atoms with Crippen molar-refractivity contribution >= 4 is 30.7 Å². The number of halogens is 4. The number of oxazole rings is 1. The van der Waals surface area contributed by atoms with E-state index >= 15 is 0 Å². The highest BCUT2D eigenvalue weighted by Gasteiger charge is 2.21. The third-order valence-corrected chi connectivity index (χ3v) is 4.11. The minimum absolute atomic E-state index is 0. The molecule has 0 bridgehead atoms. The maximum absolute atomic E-state index is 13.7. The number of aryl methyl sites for hydroxylation is 1. The van der Waals surface area contributed by atoms with Gasteiger partial charge < -0.3 is 15.1 Å². The predicted octanol–water partition coefficient (Wildman–Crippen LogP) is 3.35. The van der Waals surface area contributed by atoms with Crippen molar-refractivity contribution in [2.45, 2.75) is 31.7 Å². The lowest BCUT2D eigenvalue weighted by Gasteiger charge is -2.30. The molecule has 1 aromatic heterocycles. The molecule has 1 fully saturated rings. The summed E-state index contributed by atoms with van der Waals surface area (Å²) in [4.78, 5) is 18.0. The normalized spacial score (nSPS) is 16.6. The van der Waals surface area contributed by atoms with Crippen LogP contribution in [0.3, 0.4) is 0 Å². The molecule has 0 saturated carbocycles. The van der Waals surface area contributed by atoms with Crippen LogP contribution in [0.4, 0.5) is 8.78 Å². The quantitative estimate of drug-likeness (QED) is 0.843. The van der Waals surface area contributed by atoms with Gasteiger partial charge in [-0.3, -0.25) is 4.79 Å². The van der Waals surface area contributed by atoms with E-state index in [1.807, 2.05) is 0 Å². The molecule has 1 aromatic carbocycles. The van der Waals surface area contributed by atoms with Gasteiger partial charge in [-0.25, -0.2) is 13.8 Å². The molecule has 5 nitrogen and oxygen atoms in total. The monoisotopic (exact) mass is 407 g/mol. The maximum Gasteiger partial charge on any atom is 0.223 e. The van der Waals surface area contributed by atoms with E-state index in [9.17, 15) is 13.6 Å². The number of nitrogens with two attached hydrogens (primary N) is 1. The zero-order valence-electron chi connectivity index (χ0n) is 14.0. The number of piperidine rings is 1. The summed E-state index contributed by atoms with van der Waals surface area (Å²) in [7, 11) is 0. The zero-order chi connectivity index (χ0) is 17.1. The molecule has 2 heterocycles. The smallest absolute Gasteiger partial charge is 0.223 e. The molecule has 9 heteroatoms. The first-order valence-electron chi connectivity index (χ1n) is 7.96. The second kappa shape index (κ2) is 9.85. The van der Waals surface area contributed by atoms with Gasteiger partial charge in [0.1, 0.15) is 11.6 Å². The Bertz CT molecular complexity index is 743. The van der Waals surface area contributed by atoms with Crippen molar-refractivity contribution in [2.24, 2.45) is 5.73 Å². The van der Waals surface area contributed by atoms with Crippen molar-refractivity contribution in [3.05, 3.63) is 41.9 Å². The third kappa shape index (κ3) is 5.40. The van der Waals surface area contributed by atoms with Crippen molar-refractivity contribution in [1.29, 1.82) is 0 Å². The molecule has 0 radical (unpaired) electrons. The van der Waals surface area contributed by atoms with Crippen LogP contribution in [-0.2, 0) is 11.2 Å². The second-order valence-corrected chi connectivity index (χ2v) is 5.98. The largest absolute Gasteiger partial charge is 0.441 e. The lowest BCUT2D eigenvalue weighted by molar-refractivity contribution is -0.132. The van der Waals surface area contributed by atoms with Gasteiger partial charge in [-0.2, -0.15) is 0 Å². The molecule has 3 rings (SSSR count). The number of rotatable bonds is 4. The second-order valence-electron chi connectivity index (χ2n) is 5.98. The van der Waals surface area contributed by atoms with Gasteiger partial charge in [0, 0.05) is 38.0 Å². The summed E-state index contributed by atoms with van der Waals surface area (Å²) >= 11 is 0. The molecular weight excluding hydrogens is 387 g/mol. The van der Waals surface area contributed by atoms with Crippen molar-refractivity contribution < 1.29 is 18.0 Å². The molecule has 144 valence electrons. The van der Waals surface area contributed by atoms with E-state index in [-0.39, 0.29) is 54.5 Å². The van der Waals surface area contributed by atoms with Crippen molar-refractivity contribution in [3.8, 4) is 11.3 Å². The van der Waals surface area contributed by atoms with Gasteiger partial charge in [-0.05, 0) is 25.0 Å². The van der Waals surface area contributed by atoms with E-state index in [0.29, 0.717) is 18.9 Å². The van der Waals surface area contributed by atoms with Gasteiger partial charge in [0.25, 0.3) is 0 Å². The Morgan fingerprint density at radius 1 is 1.35 bits per heavy atom. The molecule has 1 amide bonds. The molecule has 1 unspecified atom stereocenters. The summed E-state index contributed by atoms with van der Waals surface area (Å²) in [5.41, 5.74) is 6.02. The fraction of sp³-hybridized carbons (Fsp3) is 0.412. The number of carbonyl (C=O) groups is 1. The molecule has 2 N–H and O–H groups in total. The van der Waals surface area contributed by atoms with Gasteiger partial charge in [0.15, 0.2) is 11.7 Å². The number of hydrogen-bond donors (Lipinski definition) is 1. The average Bonchev–Trinajstić information content (AvgIpc) is 3.01. The van der Waals surface area contributed by atoms with Crippen LogP contribution in [0.15, 0.2) is 28.8 Å². The first-order chi connectivity index (χ1) is 11.5. The Balaban J connectivity index is 0.00000169. The molecule has 0 aliphatic carbocycles. The first kappa shape index (κ1) is 22.3. The van der Waals surface area contributed by atoms with Gasteiger partial charge in [-0.15, -0.1) is 24.8 Å². The summed E-state index contributed by atoms with van der Waals surface area (Å²) in [5.74, 6) is -0.784. The topological polar surface area (TPSA) is 72.4 Å². The maximum atomic E-state index is 13.7. The Kier molecular flexibility index (Phi) is 8.46. The van der Waals surface area contributed by atoms with Gasteiger partial charge in [0.2, 0.25) is 5.91 Å². The SMILES string of the molecule is Cl.Cl.NC1CCCN(C(=O)CCc2ncc(-c3ccc(F)cc3F)o2)C1. The van der Waals surface area contributed by atoms with E-state index in [1.54, 1.807) is 4.90 Å². The standard InChI is InChI=1S/C17H19F2N3O2.2ClH/c18-11-3-4-13(14(19)8-11)15-9-21-16(24-15)5-6-17(23)22-7-1-2-12(20)10-22;;/h3-4,8-9,12H,1-2,5-7,10,20H2;2*1H. The van der Waals surface area contributed by atoms with Gasteiger partial charge in [-0.1, -0.05) is 0 Å². The highest BCUT2D eigenvalue weighted by atomic mass is 35.5. The van der Waals surface area contributed by atoms with Crippen LogP contribution in [0.5, 0.6) is 0 Å². The average molecular weight is 408 g/mol. The molecule has 0 spiro atoms. The lowest BCUT2D eigenvalue weighted by Crippen LogP contribution is -2.45. The van der Waals surface area contributed by atoms with Crippen molar-refractivity contribution in [2.75, 3.05) is 13.1 Å². The van der Waals surface area contributed by atoms with E-state index in [2.05, 4.69) is 4.98 Å². The van der Waals surface area contributed by atoms with Crippen molar-refractivity contribution in [3.63, 3.8) is 0 Å². The number of hydrogen-bond acceptors (Lipinski definition) is 4. The number of benzene rings is 1. The molecule has 1 aliphatic rings. The number of carbonyl (C=O) groups excluding carboxylic acids is 1. The highest BCUT2D eigenvalue weighted by Crippen LogP contribution is 2.24. The fourth-order valence-corrected chi connectivity index (χ4v) is 2.85. The Labute approximate surface area is 162 Å². The summed E-state index contributed by atoms with van der Waals surface area (Å²) in [6, 6.07) is 3.29. The van der Waals surface area contributed by atoms with E-state index in [1.165, 1.54) is 12.3 Å². The van der Waals surface area contributed by atoms with Gasteiger partial charge in [0.05, 0.1) is 11.8 Å². The van der Waals surface area contributed by atoms with Crippen LogP contribution in [0.2, 0.25) is 0 Å². The number of nitrogens with zero attached hydrogens (tertiary/aromatic N) is 2. The predicted molar refractivity (Wildman–Crippen MR) is 98.5 cm³/mol. The van der Waals surface area contributed by atoms with Crippen LogP contribution in [0.1, 0.15) is 25.2 Å². The van der Waals surface area contributed by atoms with Crippen LogP contribution < -0.4 is 5.73 Å². The number of aromatic nitrogens is 1. The van der Waals surface area contributed by atoms with E-state index in [4.69, 9.17) is 10.2 Å². The molecule has 1 atom stereocenters. The first-order valence-corrected chi connectivity index (χ1v) is 7.96. The minimum atomic E-state index is -0.712. The Hall–Kier alpha value is -1.70. The molecular formula is C17H21Cl2F2N3O2. The van der Waals surface area contributed by atoms with E-state index < -0.39 is 11.6 Å². The minimum Gasteiger partial charge on any atom is -0.441 e. The van der Waals surface area contributed by atoms with Crippen LogP contribution in [-0.4, -0.2) is 34.9 Å². The molecule has 1 aliphatic heterocycles. The van der Waals surface area contributed by atoms with Crippen LogP contribution in [0.25, 0.3) is 11.3 Å². The molecule has 2 aromatic rings. The Morgan fingerprint density at radius 2 is 2.12 bits per heavy atom. The lowest BCUT2D eigenvalue weighted by atomic mass is 10.1. The highest BCUT2D eigenvalue weighted by molar-refractivity contribution is 5.85. The summed E-state index contributed by atoms with van der Waals surface area (Å²) in [6.07, 6.45) is 3.83. The van der Waals surface area contributed by atoms with Crippen LogP contribution >= 0.6 is 24.8 Å². The zero-order valence-corrected chi connectivity index (χ0v) is 15.6. The summed E-state index contributed by atoms with van der Waals surface area (Å²) < 4.78 is 32.2. The summed E-state index contributed by atoms with van der Waals surface area (Å²) in [6.45, 7) is 1.31. The molecule has 1 saturated heterocycles. The van der Waals surface area contributed by atoms with Crippen LogP contribution in [0, 0.1) is 11.6 Å².